The Morgan fingerprint density at radius 2 is 1.90 bits per heavy atom. The van der Waals surface area contributed by atoms with Gasteiger partial charge in [0.1, 0.15) is 11.4 Å². The van der Waals surface area contributed by atoms with Gasteiger partial charge in [-0.25, -0.2) is 0 Å². The lowest BCUT2D eigenvalue weighted by Gasteiger charge is -2.11. The first-order valence-corrected chi connectivity index (χ1v) is 6.71. The van der Waals surface area contributed by atoms with Gasteiger partial charge in [-0.05, 0) is 37.6 Å². The third-order valence-corrected chi connectivity index (χ3v) is 3.53. The molecule has 2 heterocycles. The number of rotatable bonds is 2. The molecule has 0 saturated heterocycles. The minimum Gasteiger partial charge on any atom is -0.507 e. The Morgan fingerprint density at radius 3 is 2.62 bits per heavy atom. The van der Waals surface area contributed by atoms with Gasteiger partial charge < -0.3 is 10.4 Å². The highest BCUT2D eigenvalue weighted by Gasteiger charge is 2.15. The number of fused-ring (bicyclic) bond motifs is 1. The van der Waals surface area contributed by atoms with Gasteiger partial charge in [0, 0.05) is 35.3 Å². The summed E-state index contributed by atoms with van der Waals surface area (Å²) in [7, 11) is 1.80. The quantitative estimate of drug-likeness (QED) is 0.755. The zero-order valence-corrected chi connectivity index (χ0v) is 12.2. The van der Waals surface area contributed by atoms with Crippen molar-refractivity contribution in [2.75, 3.05) is 12.4 Å². The molecule has 21 heavy (non-hydrogen) atoms. The van der Waals surface area contributed by atoms with E-state index in [4.69, 9.17) is 0 Å². The van der Waals surface area contributed by atoms with Crippen LogP contribution in [0.3, 0.4) is 0 Å². The van der Waals surface area contributed by atoms with E-state index in [1.54, 1.807) is 19.3 Å². The lowest BCUT2D eigenvalue weighted by molar-refractivity contribution is 0.476. The minimum atomic E-state index is 0.206. The number of aromatic hydroxyl groups is 1. The average Bonchev–Trinajstić information content (AvgIpc) is 2.47. The van der Waals surface area contributed by atoms with Crippen molar-refractivity contribution in [3.05, 3.63) is 41.7 Å². The second-order valence-electron chi connectivity index (χ2n) is 4.99. The van der Waals surface area contributed by atoms with Crippen LogP contribution in [-0.4, -0.2) is 27.3 Å². The van der Waals surface area contributed by atoms with E-state index in [1.165, 1.54) is 0 Å². The molecule has 0 saturated carbocycles. The summed E-state index contributed by atoms with van der Waals surface area (Å²) in [5.41, 5.74) is 3.20. The lowest BCUT2D eigenvalue weighted by Crippen LogP contribution is -2.01. The molecule has 0 spiro atoms. The van der Waals surface area contributed by atoms with Crippen LogP contribution in [-0.2, 0) is 0 Å². The van der Waals surface area contributed by atoms with Crippen LogP contribution in [0.5, 0.6) is 5.75 Å². The largest absolute Gasteiger partial charge is 0.507 e. The van der Waals surface area contributed by atoms with Crippen molar-refractivity contribution in [2.45, 2.75) is 13.8 Å². The number of benzene rings is 1. The molecular formula is C16H16N4O. The first kappa shape index (κ1) is 13.3. The molecule has 0 aliphatic rings. The second-order valence-corrected chi connectivity index (χ2v) is 4.99. The maximum atomic E-state index is 10.2. The van der Waals surface area contributed by atoms with Gasteiger partial charge in [-0.15, -0.1) is 10.2 Å². The molecule has 3 aromatic rings. The van der Waals surface area contributed by atoms with Crippen molar-refractivity contribution in [3.63, 3.8) is 0 Å². The van der Waals surface area contributed by atoms with E-state index < -0.39 is 0 Å². The molecule has 1 aromatic carbocycles. The predicted octanol–water partition coefficient (Wildman–Crippen LogP) is 3.06. The zero-order valence-electron chi connectivity index (χ0n) is 12.2. The molecule has 5 nitrogen and oxygen atoms in total. The first-order chi connectivity index (χ1) is 10.1. The van der Waals surface area contributed by atoms with Gasteiger partial charge in [-0.3, -0.25) is 4.98 Å². The summed E-state index contributed by atoms with van der Waals surface area (Å²) in [6.07, 6.45) is 1.74. The van der Waals surface area contributed by atoms with E-state index in [-0.39, 0.29) is 5.75 Å². The van der Waals surface area contributed by atoms with Crippen molar-refractivity contribution in [2.24, 2.45) is 0 Å². The number of hydrogen-bond acceptors (Lipinski definition) is 5. The Balaban J connectivity index is 2.36. The molecular weight excluding hydrogens is 264 g/mol. The highest BCUT2D eigenvalue weighted by Crippen LogP contribution is 2.35. The Bertz CT molecular complexity index is 830. The molecule has 3 rings (SSSR count). The van der Waals surface area contributed by atoms with Crippen LogP contribution in [0.4, 0.5) is 5.82 Å². The van der Waals surface area contributed by atoms with Crippen LogP contribution >= 0.6 is 0 Å². The molecule has 0 bridgehead atoms. The monoisotopic (exact) mass is 280 g/mol. The molecule has 0 amide bonds. The summed E-state index contributed by atoms with van der Waals surface area (Å²) < 4.78 is 0. The highest BCUT2D eigenvalue weighted by atomic mass is 16.3. The molecule has 0 aliphatic heterocycles. The maximum Gasteiger partial charge on any atom is 0.158 e. The normalized spacial score (nSPS) is 10.8. The summed E-state index contributed by atoms with van der Waals surface area (Å²) >= 11 is 0. The van der Waals surface area contributed by atoms with Gasteiger partial charge in [-0.1, -0.05) is 6.07 Å². The van der Waals surface area contributed by atoms with Crippen LogP contribution < -0.4 is 5.32 Å². The van der Waals surface area contributed by atoms with Crippen LogP contribution in [0.25, 0.3) is 22.0 Å². The standard InChI is InChI=1S/C16H16N4O/c1-9-4-5-11(13(21)8-9)15-12-6-7-18-10(2)14(12)16(17-3)20-19-15/h4-8,21H,1-3H3,(H,17,20). The molecule has 5 heteroatoms. The van der Waals surface area contributed by atoms with E-state index >= 15 is 0 Å². The van der Waals surface area contributed by atoms with E-state index in [1.807, 2.05) is 32.0 Å². The number of pyridine rings is 1. The molecule has 0 unspecified atom stereocenters. The van der Waals surface area contributed by atoms with Gasteiger partial charge in [0.15, 0.2) is 5.82 Å². The molecule has 0 fully saturated rings. The highest BCUT2D eigenvalue weighted by molar-refractivity contribution is 6.01. The lowest BCUT2D eigenvalue weighted by atomic mass is 10.0. The predicted molar refractivity (Wildman–Crippen MR) is 83.5 cm³/mol. The van der Waals surface area contributed by atoms with Gasteiger partial charge in [0.25, 0.3) is 0 Å². The van der Waals surface area contributed by atoms with Crippen LogP contribution in [0.2, 0.25) is 0 Å². The summed E-state index contributed by atoms with van der Waals surface area (Å²) in [6.45, 7) is 3.87. The SMILES string of the molecule is CNc1nnc(-c2ccc(C)cc2O)c2ccnc(C)c12. The number of phenolic OH excluding ortho intramolecular Hbond substituents is 1. The van der Waals surface area contributed by atoms with E-state index in [2.05, 4.69) is 20.5 Å². The van der Waals surface area contributed by atoms with E-state index in [0.29, 0.717) is 17.1 Å². The fourth-order valence-corrected chi connectivity index (χ4v) is 2.48. The van der Waals surface area contributed by atoms with Crippen molar-refractivity contribution < 1.29 is 5.11 Å². The minimum absolute atomic E-state index is 0.206. The average molecular weight is 280 g/mol. The summed E-state index contributed by atoms with van der Waals surface area (Å²) in [6, 6.07) is 7.43. The second kappa shape index (κ2) is 5.01. The molecule has 0 radical (unpaired) electrons. The Labute approximate surface area is 122 Å². The number of aryl methyl sites for hydroxylation is 2. The zero-order chi connectivity index (χ0) is 15.0. The molecule has 2 N–H and O–H groups in total. The summed E-state index contributed by atoms with van der Waals surface area (Å²) in [5, 5.41) is 23.6. The van der Waals surface area contributed by atoms with Crippen LogP contribution in [0, 0.1) is 13.8 Å². The summed E-state index contributed by atoms with van der Waals surface area (Å²) in [5.74, 6) is 0.892. The topological polar surface area (TPSA) is 70.9 Å². The summed E-state index contributed by atoms with van der Waals surface area (Å²) in [4.78, 5) is 4.32. The molecule has 2 aromatic heterocycles. The molecule has 0 atom stereocenters. The third-order valence-electron chi connectivity index (χ3n) is 3.53. The van der Waals surface area contributed by atoms with Gasteiger partial charge in [-0.2, -0.15) is 0 Å². The van der Waals surface area contributed by atoms with Gasteiger partial charge >= 0.3 is 0 Å². The Hall–Kier alpha value is -2.69. The van der Waals surface area contributed by atoms with Crippen LogP contribution in [0.15, 0.2) is 30.5 Å². The van der Waals surface area contributed by atoms with Crippen molar-refractivity contribution in [1.29, 1.82) is 0 Å². The number of aromatic nitrogens is 3. The fourth-order valence-electron chi connectivity index (χ4n) is 2.48. The Kier molecular flexibility index (Phi) is 3.17. The first-order valence-electron chi connectivity index (χ1n) is 6.71. The van der Waals surface area contributed by atoms with Gasteiger partial charge in [0.2, 0.25) is 0 Å². The van der Waals surface area contributed by atoms with E-state index in [9.17, 15) is 5.11 Å². The number of phenols is 1. The van der Waals surface area contributed by atoms with Gasteiger partial charge in [0.05, 0.1) is 0 Å². The fraction of sp³-hybridized carbons (Fsp3) is 0.188. The van der Waals surface area contributed by atoms with Crippen molar-refractivity contribution in [3.8, 4) is 17.0 Å². The number of anilines is 1. The number of hydrogen-bond donors (Lipinski definition) is 2. The smallest absolute Gasteiger partial charge is 0.158 e. The van der Waals surface area contributed by atoms with Crippen molar-refractivity contribution in [1.82, 2.24) is 15.2 Å². The third kappa shape index (κ3) is 2.16. The van der Waals surface area contributed by atoms with Crippen LogP contribution in [0.1, 0.15) is 11.3 Å². The van der Waals surface area contributed by atoms with Crippen molar-refractivity contribution >= 4 is 16.6 Å². The molecule has 106 valence electrons. The number of nitrogens with one attached hydrogen (secondary N) is 1. The number of nitrogens with zero attached hydrogens (tertiary/aromatic N) is 3. The maximum absolute atomic E-state index is 10.2. The molecule has 0 aliphatic carbocycles. The van der Waals surface area contributed by atoms with E-state index in [0.717, 1.165) is 22.0 Å². The Morgan fingerprint density at radius 1 is 1.10 bits per heavy atom.